The van der Waals surface area contributed by atoms with Gasteiger partial charge in [0.2, 0.25) is 0 Å². The van der Waals surface area contributed by atoms with E-state index in [1.807, 2.05) is 25.1 Å². The highest BCUT2D eigenvalue weighted by Gasteiger charge is 2.10. The molecule has 0 radical (unpaired) electrons. The third-order valence-electron chi connectivity index (χ3n) is 3.16. The summed E-state index contributed by atoms with van der Waals surface area (Å²) in [5, 5.41) is 3.25. The molecule has 2 aromatic rings. The van der Waals surface area contributed by atoms with Crippen LogP contribution in [0.15, 0.2) is 40.9 Å². The van der Waals surface area contributed by atoms with E-state index in [1.54, 1.807) is 32.3 Å². The quantitative estimate of drug-likeness (QED) is 0.830. The van der Waals surface area contributed by atoms with Crippen LogP contribution in [0.25, 0.3) is 0 Å². The first-order valence-electron chi connectivity index (χ1n) is 6.53. The third-order valence-corrected chi connectivity index (χ3v) is 4.01. The summed E-state index contributed by atoms with van der Waals surface area (Å²) in [6.07, 6.45) is 0. The van der Waals surface area contributed by atoms with Crippen molar-refractivity contribution in [2.75, 3.05) is 25.1 Å². The molecule has 0 aliphatic carbocycles. The minimum Gasteiger partial charge on any atom is -0.397 e. The van der Waals surface area contributed by atoms with Gasteiger partial charge in [0.05, 0.1) is 11.4 Å². The van der Waals surface area contributed by atoms with E-state index in [9.17, 15) is 4.79 Å². The number of hydrogen-bond acceptors (Lipinski definition) is 3. The van der Waals surface area contributed by atoms with Gasteiger partial charge in [0, 0.05) is 29.8 Å². The molecule has 2 aromatic carbocycles. The van der Waals surface area contributed by atoms with Gasteiger partial charge in [-0.1, -0.05) is 22.0 Å². The summed E-state index contributed by atoms with van der Waals surface area (Å²) in [6.45, 7) is 2.03. The lowest BCUT2D eigenvalue weighted by molar-refractivity contribution is 0.0827. The summed E-state index contributed by atoms with van der Waals surface area (Å²) in [6, 6.07) is 11.2. The molecule has 0 spiro atoms. The lowest BCUT2D eigenvalue weighted by Crippen LogP contribution is -2.21. The van der Waals surface area contributed by atoms with Crippen molar-refractivity contribution in [3.05, 3.63) is 52.0 Å². The molecule has 0 saturated carbocycles. The smallest absolute Gasteiger partial charge is 0.253 e. The van der Waals surface area contributed by atoms with Gasteiger partial charge in [-0.2, -0.15) is 0 Å². The monoisotopic (exact) mass is 347 g/mol. The first-order valence-corrected chi connectivity index (χ1v) is 7.32. The van der Waals surface area contributed by atoms with Crippen LogP contribution in [0.1, 0.15) is 15.9 Å². The Kier molecular flexibility index (Phi) is 4.53. The summed E-state index contributed by atoms with van der Waals surface area (Å²) in [5.74, 6) is -0.0527. The van der Waals surface area contributed by atoms with Crippen molar-refractivity contribution in [3.63, 3.8) is 0 Å². The Labute approximate surface area is 133 Å². The molecule has 0 aliphatic rings. The van der Waals surface area contributed by atoms with E-state index < -0.39 is 0 Å². The molecule has 0 heterocycles. The zero-order chi connectivity index (χ0) is 15.6. The fraction of sp³-hybridized carbons (Fsp3) is 0.188. The minimum atomic E-state index is -0.0527. The van der Waals surface area contributed by atoms with Crippen LogP contribution in [0.4, 0.5) is 17.1 Å². The van der Waals surface area contributed by atoms with Crippen LogP contribution in [0.3, 0.4) is 0 Å². The second-order valence-electron chi connectivity index (χ2n) is 5.09. The largest absolute Gasteiger partial charge is 0.397 e. The maximum absolute atomic E-state index is 12.0. The number of carbonyl (C=O) groups is 1. The topological polar surface area (TPSA) is 58.4 Å². The number of nitrogens with zero attached hydrogens (tertiary/aromatic N) is 1. The average molecular weight is 348 g/mol. The molecule has 1 amide bonds. The Bertz CT molecular complexity index is 683. The summed E-state index contributed by atoms with van der Waals surface area (Å²) in [7, 11) is 3.45. The molecule has 110 valence electrons. The van der Waals surface area contributed by atoms with Crippen LogP contribution >= 0.6 is 15.9 Å². The normalized spacial score (nSPS) is 10.3. The van der Waals surface area contributed by atoms with E-state index in [2.05, 4.69) is 21.2 Å². The average Bonchev–Trinajstić information content (AvgIpc) is 2.44. The number of amides is 1. The number of anilines is 3. The van der Waals surface area contributed by atoms with Gasteiger partial charge in [0.15, 0.2) is 0 Å². The van der Waals surface area contributed by atoms with Gasteiger partial charge in [-0.25, -0.2) is 0 Å². The van der Waals surface area contributed by atoms with Gasteiger partial charge in [-0.15, -0.1) is 0 Å². The molecule has 3 N–H and O–H groups in total. The minimum absolute atomic E-state index is 0.0527. The maximum atomic E-state index is 12.0. The van der Waals surface area contributed by atoms with Gasteiger partial charge in [-0.05, 0) is 42.8 Å². The Balaban J connectivity index is 2.32. The lowest BCUT2D eigenvalue weighted by Gasteiger charge is -2.14. The molecule has 2 rings (SSSR count). The SMILES string of the molecule is Cc1ccc(Nc2cc(C(=O)N(C)C)ccc2N)cc1Br. The highest BCUT2D eigenvalue weighted by Crippen LogP contribution is 2.27. The summed E-state index contributed by atoms with van der Waals surface area (Å²) >= 11 is 3.50. The number of aryl methyl sites for hydroxylation is 1. The molecular formula is C16H18BrN3O. The fourth-order valence-corrected chi connectivity index (χ4v) is 2.26. The third kappa shape index (κ3) is 3.55. The molecule has 0 saturated heterocycles. The molecule has 0 bridgehead atoms. The highest BCUT2D eigenvalue weighted by atomic mass is 79.9. The van der Waals surface area contributed by atoms with Gasteiger partial charge in [0.25, 0.3) is 5.91 Å². The number of rotatable bonds is 3. The molecule has 0 fully saturated rings. The van der Waals surface area contributed by atoms with Gasteiger partial charge in [-0.3, -0.25) is 4.79 Å². The van der Waals surface area contributed by atoms with Crippen LogP contribution < -0.4 is 11.1 Å². The number of nitrogens with two attached hydrogens (primary N) is 1. The van der Waals surface area contributed by atoms with Gasteiger partial charge >= 0.3 is 0 Å². The van der Waals surface area contributed by atoms with Crippen molar-refractivity contribution in [1.29, 1.82) is 0 Å². The van der Waals surface area contributed by atoms with Crippen LogP contribution in [0.2, 0.25) is 0 Å². The molecule has 0 aromatic heterocycles. The zero-order valence-corrected chi connectivity index (χ0v) is 13.9. The van der Waals surface area contributed by atoms with Crippen LogP contribution in [-0.2, 0) is 0 Å². The highest BCUT2D eigenvalue weighted by molar-refractivity contribution is 9.10. The predicted molar refractivity (Wildman–Crippen MR) is 91.0 cm³/mol. The van der Waals surface area contributed by atoms with Crippen LogP contribution in [0, 0.1) is 6.92 Å². The number of halogens is 1. The number of benzene rings is 2. The predicted octanol–water partition coefficient (Wildman–Crippen LogP) is 3.79. The number of hydrogen-bond donors (Lipinski definition) is 2. The van der Waals surface area contributed by atoms with Crippen molar-refractivity contribution in [3.8, 4) is 0 Å². The maximum Gasteiger partial charge on any atom is 0.253 e. The number of carbonyl (C=O) groups excluding carboxylic acids is 1. The summed E-state index contributed by atoms with van der Waals surface area (Å²) in [5.41, 5.74) is 9.97. The summed E-state index contributed by atoms with van der Waals surface area (Å²) in [4.78, 5) is 13.5. The number of nitrogens with one attached hydrogen (secondary N) is 1. The van der Waals surface area contributed by atoms with Crippen molar-refractivity contribution < 1.29 is 4.79 Å². The van der Waals surface area contributed by atoms with E-state index in [-0.39, 0.29) is 5.91 Å². The lowest BCUT2D eigenvalue weighted by atomic mass is 10.1. The van der Waals surface area contributed by atoms with E-state index in [4.69, 9.17) is 5.73 Å². The Morgan fingerprint density at radius 1 is 1.19 bits per heavy atom. The Morgan fingerprint density at radius 3 is 2.52 bits per heavy atom. The number of nitrogen functional groups attached to an aromatic ring is 1. The standard InChI is InChI=1S/C16H18BrN3O/c1-10-4-6-12(9-13(10)17)19-15-8-11(5-7-14(15)18)16(21)20(2)3/h4-9,19H,18H2,1-3H3. The van der Waals surface area contributed by atoms with E-state index >= 15 is 0 Å². The Hall–Kier alpha value is -2.01. The van der Waals surface area contributed by atoms with Gasteiger partial charge in [0.1, 0.15) is 0 Å². The molecule has 0 unspecified atom stereocenters. The molecule has 0 atom stereocenters. The molecule has 5 heteroatoms. The van der Waals surface area contributed by atoms with E-state index in [1.165, 1.54) is 4.90 Å². The fourth-order valence-electron chi connectivity index (χ4n) is 1.88. The first-order chi connectivity index (χ1) is 9.88. The molecule has 0 aliphatic heterocycles. The van der Waals surface area contributed by atoms with Crippen molar-refractivity contribution in [2.24, 2.45) is 0 Å². The zero-order valence-electron chi connectivity index (χ0n) is 12.3. The van der Waals surface area contributed by atoms with Gasteiger partial charge < -0.3 is 16.0 Å². The van der Waals surface area contributed by atoms with Crippen LogP contribution in [-0.4, -0.2) is 24.9 Å². The molecular weight excluding hydrogens is 330 g/mol. The van der Waals surface area contributed by atoms with E-state index in [0.717, 1.165) is 21.4 Å². The van der Waals surface area contributed by atoms with E-state index in [0.29, 0.717) is 11.3 Å². The molecule has 4 nitrogen and oxygen atoms in total. The van der Waals surface area contributed by atoms with Crippen molar-refractivity contribution in [2.45, 2.75) is 6.92 Å². The first kappa shape index (κ1) is 15.4. The van der Waals surface area contributed by atoms with Crippen LogP contribution in [0.5, 0.6) is 0 Å². The van der Waals surface area contributed by atoms with Crippen molar-refractivity contribution >= 4 is 38.9 Å². The second kappa shape index (κ2) is 6.18. The second-order valence-corrected chi connectivity index (χ2v) is 5.94. The summed E-state index contributed by atoms with van der Waals surface area (Å²) < 4.78 is 1.02. The van der Waals surface area contributed by atoms with Crippen molar-refractivity contribution in [1.82, 2.24) is 4.90 Å². The molecule has 21 heavy (non-hydrogen) atoms. The Morgan fingerprint density at radius 2 is 1.90 bits per heavy atom.